The largest absolute Gasteiger partial charge is 0.480 e. The van der Waals surface area contributed by atoms with Crippen LogP contribution in [0.15, 0.2) is 42.5 Å². The minimum Gasteiger partial charge on any atom is -0.480 e. The fourth-order valence-electron chi connectivity index (χ4n) is 3.28. The molecule has 0 bridgehead atoms. The van der Waals surface area contributed by atoms with Crippen molar-refractivity contribution >= 4 is 23.2 Å². The highest BCUT2D eigenvalue weighted by atomic mass is 16.5. The van der Waals surface area contributed by atoms with Crippen molar-refractivity contribution in [1.82, 2.24) is 0 Å². The second-order valence-electron chi connectivity index (χ2n) is 6.97. The van der Waals surface area contributed by atoms with Crippen LogP contribution in [-0.2, 0) is 9.59 Å². The topological polar surface area (TPSA) is 58.6 Å². The molecule has 2 aromatic rings. The molecule has 1 saturated heterocycles. The van der Waals surface area contributed by atoms with E-state index in [1.165, 1.54) is 0 Å². The van der Waals surface area contributed by atoms with E-state index in [4.69, 9.17) is 4.74 Å². The molecule has 2 amide bonds. The van der Waals surface area contributed by atoms with Gasteiger partial charge in [-0.2, -0.15) is 0 Å². The number of ether oxygens (including phenoxy) is 1. The number of carbonyl (C=O) groups is 2. The van der Waals surface area contributed by atoms with E-state index in [1.807, 2.05) is 63.2 Å². The van der Waals surface area contributed by atoms with Gasteiger partial charge in [-0.05, 0) is 62.6 Å². The number of nitrogens with one attached hydrogen (secondary N) is 1. The van der Waals surface area contributed by atoms with E-state index < -0.39 is 6.10 Å². The predicted octanol–water partition coefficient (Wildman–Crippen LogP) is 4.23. The lowest BCUT2D eigenvalue weighted by Crippen LogP contribution is -2.32. The van der Waals surface area contributed by atoms with Crippen LogP contribution in [0.2, 0.25) is 0 Å². The van der Waals surface area contributed by atoms with E-state index in [0.29, 0.717) is 18.5 Å². The molecule has 1 fully saturated rings. The van der Waals surface area contributed by atoms with Crippen LogP contribution in [0, 0.1) is 13.8 Å². The SMILES string of the molecule is CC[C@H](Oc1ccc(C)cc1C)C(=O)Nc1ccc(N2CCCC2=O)cc1. The van der Waals surface area contributed by atoms with Gasteiger partial charge in [0.05, 0.1) is 0 Å². The number of benzene rings is 2. The Morgan fingerprint density at radius 3 is 2.52 bits per heavy atom. The molecule has 0 spiro atoms. The molecule has 3 rings (SSSR count). The third-order valence-electron chi connectivity index (χ3n) is 4.78. The molecule has 0 radical (unpaired) electrons. The van der Waals surface area contributed by atoms with Gasteiger partial charge in [-0.3, -0.25) is 9.59 Å². The summed E-state index contributed by atoms with van der Waals surface area (Å²) in [4.78, 5) is 26.2. The molecule has 1 atom stereocenters. The summed E-state index contributed by atoms with van der Waals surface area (Å²) < 4.78 is 5.94. The summed E-state index contributed by atoms with van der Waals surface area (Å²) in [5.41, 5.74) is 3.74. The molecule has 0 aliphatic carbocycles. The zero-order valence-corrected chi connectivity index (χ0v) is 16.1. The standard InChI is InChI=1S/C22H26N2O3/c1-4-19(27-20-12-7-15(2)14-16(20)3)22(26)23-17-8-10-18(11-9-17)24-13-5-6-21(24)25/h7-12,14,19H,4-6,13H2,1-3H3,(H,23,26)/t19-/m0/s1. The second-order valence-corrected chi connectivity index (χ2v) is 6.97. The van der Waals surface area contributed by atoms with E-state index in [9.17, 15) is 9.59 Å². The van der Waals surface area contributed by atoms with Crippen molar-refractivity contribution in [2.45, 2.75) is 46.1 Å². The van der Waals surface area contributed by atoms with E-state index in [0.717, 1.165) is 35.5 Å². The van der Waals surface area contributed by atoms with E-state index in [2.05, 4.69) is 5.32 Å². The number of hydrogen-bond donors (Lipinski definition) is 1. The first-order valence-electron chi connectivity index (χ1n) is 9.43. The molecule has 0 unspecified atom stereocenters. The van der Waals surface area contributed by atoms with Gasteiger partial charge in [0, 0.05) is 24.3 Å². The van der Waals surface area contributed by atoms with Gasteiger partial charge in [0.2, 0.25) is 5.91 Å². The molecule has 0 aromatic heterocycles. The van der Waals surface area contributed by atoms with Crippen LogP contribution in [0.5, 0.6) is 5.75 Å². The fraction of sp³-hybridized carbons (Fsp3) is 0.364. The van der Waals surface area contributed by atoms with Crippen molar-refractivity contribution in [3.8, 4) is 5.75 Å². The van der Waals surface area contributed by atoms with Crippen LogP contribution in [0.25, 0.3) is 0 Å². The van der Waals surface area contributed by atoms with Crippen LogP contribution in [-0.4, -0.2) is 24.5 Å². The van der Waals surface area contributed by atoms with Gasteiger partial charge in [-0.15, -0.1) is 0 Å². The van der Waals surface area contributed by atoms with Gasteiger partial charge in [0.1, 0.15) is 5.75 Å². The predicted molar refractivity (Wildman–Crippen MR) is 107 cm³/mol. The number of anilines is 2. The maximum atomic E-state index is 12.6. The lowest BCUT2D eigenvalue weighted by atomic mass is 10.1. The van der Waals surface area contributed by atoms with Gasteiger partial charge in [-0.25, -0.2) is 0 Å². The second kappa shape index (κ2) is 8.25. The normalized spacial score (nSPS) is 14.9. The quantitative estimate of drug-likeness (QED) is 0.832. The zero-order chi connectivity index (χ0) is 19.4. The zero-order valence-electron chi connectivity index (χ0n) is 16.1. The summed E-state index contributed by atoms with van der Waals surface area (Å²) in [6.45, 7) is 6.69. The highest BCUT2D eigenvalue weighted by Gasteiger charge is 2.22. The Labute approximate surface area is 160 Å². The van der Waals surface area contributed by atoms with E-state index in [1.54, 1.807) is 4.90 Å². The number of carbonyl (C=O) groups excluding carboxylic acids is 2. The summed E-state index contributed by atoms with van der Waals surface area (Å²) >= 11 is 0. The molecule has 5 nitrogen and oxygen atoms in total. The minimum atomic E-state index is -0.564. The Bertz CT molecular complexity index is 830. The molecule has 1 aliphatic heterocycles. The monoisotopic (exact) mass is 366 g/mol. The number of aryl methyl sites for hydroxylation is 2. The molecule has 2 aromatic carbocycles. The average molecular weight is 366 g/mol. The first kappa shape index (κ1) is 19.0. The van der Waals surface area contributed by atoms with Crippen LogP contribution in [0.3, 0.4) is 0 Å². The molecule has 1 aliphatic rings. The molecule has 1 N–H and O–H groups in total. The summed E-state index contributed by atoms with van der Waals surface area (Å²) in [7, 11) is 0. The fourth-order valence-corrected chi connectivity index (χ4v) is 3.28. The maximum Gasteiger partial charge on any atom is 0.265 e. The van der Waals surface area contributed by atoms with Gasteiger partial charge in [0.25, 0.3) is 5.91 Å². The Balaban J connectivity index is 1.65. The first-order valence-corrected chi connectivity index (χ1v) is 9.43. The highest BCUT2D eigenvalue weighted by molar-refractivity contribution is 5.97. The van der Waals surface area contributed by atoms with Gasteiger partial charge >= 0.3 is 0 Å². The third-order valence-corrected chi connectivity index (χ3v) is 4.78. The van der Waals surface area contributed by atoms with Crippen molar-refractivity contribution < 1.29 is 14.3 Å². The number of rotatable bonds is 6. The number of hydrogen-bond acceptors (Lipinski definition) is 3. The van der Waals surface area contributed by atoms with Crippen LogP contribution in [0.4, 0.5) is 11.4 Å². The highest BCUT2D eigenvalue weighted by Crippen LogP contribution is 2.24. The minimum absolute atomic E-state index is 0.153. The van der Waals surface area contributed by atoms with Crippen molar-refractivity contribution in [3.63, 3.8) is 0 Å². The first-order chi connectivity index (χ1) is 13.0. The smallest absolute Gasteiger partial charge is 0.265 e. The van der Waals surface area contributed by atoms with Crippen molar-refractivity contribution in [3.05, 3.63) is 53.6 Å². The Morgan fingerprint density at radius 1 is 1.19 bits per heavy atom. The molecular formula is C22H26N2O3. The van der Waals surface area contributed by atoms with E-state index >= 15 is 0 Å². The van der Waals surface area contributed by atoms with Crippen LogP contribution in [0.1, 0.15) is 37.3 Å². The number of amides is 2. The molecular weight excluding hydrogens is 340 g/mol. The Hall–Kier alpha value is -2.82. The van der Waals surface area contributed by atoms with Crippen LogP contribution < -0.4 is 15.0 Å². The lowest BCUT2D eigenvalue weighted by molar-refractivity contribution is -0.122. The van der Waals surface area contributed by atoms with Crippen LogP contribution >= 0.6 is 0 Å². The Kier molecular flexibility index (Phi) is 5.79. The van der Waals surface area contributed by atoms with Crippen molar-refractivity contribution in [2.24, 2.45) is 0 Å². The van der Waals surface area contributed by atoms with E-state index in [-0.39, 0.29) is 11.8 Å². The number of nitrogens with zero attached hydrogens (tertiary/aromatic N) is 1. The summed E-state index contributed by atoms with van der Waals surface area (Å²) in [5.74, 6) is 0.702. The third kappa shape index (κ3) is 4.48. The van der Waals surface area contributed by atoms with Gasteiger partial charge in [-0.1, -0.05) is 24.6 Å². The van der Waals surface area contributed by atoms with Gasteiger partial charge < -0.3 is 15.0 Å². The molecule has 142 valence electrons. The summed E-state index contributed by atoms with van der Waals surface area (Å²) in [5, 5.41) is 2.91. The lowest BCUT2D eigenvalue weighted by Gasteiger charge is -2.19. The van der Waals surface area contributed by atoms with Crippen molar-refractivity contribution in [2.75, 3.05) is 16.8 Å². The molecule has 1 heterocycles. The van der Waals surface area contributed by atoms with Gasteiger partial charge in [0.15, 0.2) is 6.10 Å². The van der Waals surface area contributed by atoms with Crippen molar-refractivity contribution in [1.29, 1.82) is 0 Å². The summed E-state index contributed by atoms with van der Waals surface area (Å²) in [6, 6.07) is 13.3. The summed E-state index contributed by atoms with van der Waals surface area (Å²) in [6.07, 6.45) is 1.50. The molecule has 5 heteroatoms. The Morgan fingerprint density at radius 2 is 1.93 bits per heavy atom. The molecule has 0 saturated carbocycles. The average Bonchev–Trinajstić information content (AvgIpc) is 3.07. The maximum absolute atomic E-state index is 12.6. The molecule has 27 heavy (non-hydrogen) atoms.